The van der Waals surface area contributed by atoms with Crippen LogP contribution in [0.15, 0.2) is 24.3 Å². The Bertz CT molecular complexity index is 362. The lowest BCUT2D eigenvalue weighted by Gasteiger charge is -2.18. The number of nitrogens with zero attached hydrogens (tertiary/aromatic N) is 1. The van der Waals surface area contributed by atoms with Crippen molar-refractivity contribution in [2.24, 2.45) is 5.73 Å². The number of benzene rings is 1. The second kappa shape index (κ2) is 6.91. The third kappa shape index (κ3) is 3.75. The van der Waals surface area contributed by atoms with Crippen LogP contribution in [0.25, 0.3) is 0 Å². The molecule has 1 aromatic rings. The number of hydrogen-bond donors (Lipinski definition) is 1. The number of hydrogen-bond acceptors (Lipinski definition) is 3. The molecule has 0 bridgehead atoms. The fourth-order valence-electron chi connectivity index (χ4n) is 1.59. The second-order valence-corrected chi connectivity index (χ2v) is 3.64. The molecule has 0 spiro atoms. The highest BCUT2D eigenvalue weighted by Crippen LogP contribution is 2.14. The molecule has 1 amide bonds. The Hall–Kier alpha value is -1.55. The highest BCUT2D eigenvalue weighted by Gasteiger charge is 2.12. The summed E-state index contributed by atoms with van der Waals surface area (Å²) in [5.74, 6) is 0.724. The van der Waals surface area contributed by atoms with E-state index in [0.29, 0.717) is 37.6 Å². The van der Waals surface area contributed by atoms with Crippen molar-refractivity contribution in [3.8, 4) is 5.75 Å². The number of amides is 1. The molecule has 1 aromatic carbocycles. The summed E-state index contributed by atoms with van der Waals surface area (Å²) in [6.45, 7) is 6.29. The maximum absolute atomic E-state index is 12.1. The van der Waals surface area contributed by atoms with E-state index in [4.69, 9.17) is 10.5 Å². The van der Waals surface area contributed by atoms with Gasteiger partial charge in [-0.1, -0.05) is 6.07 Å². The van der Waals surface area contributed by atoms with Crippen molar-refractivity contribution in [1.29, 1.82) is 0 Å². The summed E-state index contributed by atoms with van der Waals surface area (Å²) in [6.07, 6.45) is 0. The monoisotopic (exact) mass is 236 g/mol. The van der Waals surface area contributed by atoms with Crippen molar-refractivity contribution >= 4 is 5.91 Å². The summed E-state index contributed by atoms with van der Waals surface area (Å²) in [6, 6.07) is 7.21. The van der Waals surface area contributed by atoms with Crippen LogP contribution in [0, 0.1) is 0 Å². The molecule has 0 atom stereocenters. The van der Waals surface area contributed by atoms with E-state index in [-0.39, 0.29) is 5.91 Å². The molecule has 94 valence electrons. The number of carbonyl (C=O) groups is 1. The SMILES string of the molecule is CCN(CC)C(=O)c1cccc(OCCN)c1. The zero-order valence-electron chi connectivity index (χ0n) is 10.5. The van der Waals surface area contributed by atoms with E-state index in [1.165, 1.54) is 0 Å². The lowest BCUT2D eigenvalue weighted by Crippen LogP contribution is -2.30. The van der Waals surface area contributed by atoms with Crippen molar-refractivity contribution in [2.45, 2.75) is 13.8 Å². The van der Waals surface area contributed by atoms with Crippen LogP contribution < -0.4 is 10.5 Å². The second-order valence-electron chi connectivity index (χ2n) is 3.64. The lowest BCUT2D eigenvalue weighted by atomic mass is 10.2. The highest BCUT2D eigenvalue weighted by molar-refractivity contribution is 5.94. The molecule has 0 saturated heterocycles. The fourth-order valence-corrected chi connectivity index (χ4v) is 1.59. The summed E-state index contributed by atoms with van der Waals surface area (Å²) in [7, 11) is 0. The van der Waals surface area contributed by atoms with Crippen molar-refractivity contribution in [1.82, 2.24) is 4.90 Å². The predicted octanol–water partition coefficient (Wildman–Crippen LogP) is 1.51. The standard InChI is InChI=1S/C13H20N2O2/c1-3-15(4-2)13(16)11-6-5-7-12(10-11)17-9-8-14/h5-7,10H,3-4,8-9,14H2,1-2H3. The first-order valence-corrected chi connectivity index (χ1v) is 5.95. The normalized spacial score (nSPS) is 10.1. The van der Waals surface area contributed by atoms with Gasteiger partial charge >= 0.3 is 0 Å². The topological polar surface area (TPSA) is 55.6 Å². The van der Waals surface area contributed by atoms with Gasteiger partial charge in [0.1, 0.15) is 12.4 Å². The van der Waals surface area contributed by atoms with Gasteiger partial charge in [-0.05, 0) is 32.0 Å². The largest absolute Gasteiger partial charge is 0.492 e. The maximum atomic E-state index is 12.1. The fraction of sp³-hybridized carbons (Fsp3) is 0.462. The molecule has 0 aliphatic rings. The minimum Gasteiger partial charge on any atom is -0.492 e. The van der Waals surface area contributed by atoms with Gasteiger partial charge in [-0.15, -0.1) is 0 Å². The summed E-state index contributed by atoms with van der Waals surface area (Å²) < 4.78 is 5.40. The van der Waals surface area contributed by atoms with Crippen molar-refractivity contribution in [3.63, 3.8) is 0 Å². The van der Waals surface area contributed by atoms with Crippen LogP contribution in [0.3, 0.4) is 0 Å². The number of carbonyl (C=O) groups excluding carboxylic acids is 1. The molecule has 0 aliphatic heterocycles. The van der Waals surface area contributed by atoms with E-state index in [9.17, 15) is 4.79 Å². The molecule has 17 heavy (non-hydrogen) atoms. The van der Waals surface area contributed by atoms with Crippen molar-refractivity contribution < 1.29 is 9.53 Å². The Labute approximate surface area is 102 Å². The van der Waals surface area contributed by atoms with Crippen LogP contribution in [0.1, 0.15) is 24.2 Å². The van der Waals surface area contributed by atoms with E-state index >= 15 is 0 Å². The van der Waals surface area contributed by atoms with E-state index in [0.717, 1.165) is 0 Å². The first-order chi connectivity index (χ1) is 8.22. The van der Waals surface area contributed by atoms with Gasteiger partial charge in [0, 0.05) is 25.2 Å². The van der Waals surface area contributed by atoms with E-state index < -0.39 is 0 Å². The summed E-state index contributed by atoms with van der Waals surface area (Å²) in [5, 5.41) is 0. The number of nitrogens with two attached hydrogens (primary N) is 1. The summed E-state index contributed by atoms with van der Waals surface area (Å²) in [4.78, 5) is 13.9. The highest BCUT2D eigenvalue weighted by atomic mass is 16.5. The minimum absolute atomic E-state index is 0.0354. The quantitative estimate of drug-likeness (QED) is 0.814. The molecule has 4 nitrogen and oxygen atoms in total. The average molecular weight is 236 g/mol. The first-order valence-electron chi connectivity index (χ1n) is 5.95. The van der Waals surface area contributed by atoms with Gasteiger partial charge in [-0.2, -0.15) is 0 Å². The molecule has 4 heteroatoms. The first kappa shape index (κ1) is 13.5. The van der Waals surface area contributed by atoms with Crippen LogP contribution in [0.2, 0.25) is 0 Å². The van der Waals surface area contributed by atoms with E-state index in [1.54, 1.807) is 17.0 Å². The van der Waals surface area contributed by atoms with Crippen LogP contribution in [0.4, 0.5) is 0 Å². The predicted molar refractivity (Wildman–Crippen MR) is 68.2 cm³/mol. The van der Waals surface area contributed by atoms with E-state index in [2.05, 4.69) is 0 Å². The molecule has 0 saturated carbocycles. The van der Waals surface area contributed by atoms with Gasteiger partial charge in [0.05, 0.1) is 0 Å². The van der Waals surface area contributed by atoms with Crippen molar-refractivity contribution in [2.75, 3.05) is 26.2 Å². The van der Waals surface area contributed by atoms with E-state index in [1.807, 2.05) is 26.0 Å². The molecule has 2 N–H and O–H groups in total. The zero-order valence-corrected chi connectivity index (χ0v) is 10.5. The van der Waals surface area contributed by atoms with Crippen LogP contribution in [-0.4, -0.2) is 37.0 Å². The molecule has 0 unspecified atom stereocenters. The smallest absolute Gasteiger partial charge is 0.253 e. The Kier molecular flexibility index (Phi) is 5.49. The average Bonchev–Trinajstić information content (AvgIpc) is 2.38. The van der Waals surface area contributed by atoms with Gasteiger partial charge in [0.15, 0.2) is 0 Å². The number of ether oxygens (including phenoxy) is 1. The molecular weight excluding hydrogens is 216 g/mol. The summed E-state index contributed by atoms with van der Waals surface area (Å²) in [5.41, 5.74) is 6.02. The molecule has 0 aliphatic carbocycles. The molecular formula is C13H20N2O2. The third-order valence-electron chi connectivity index (χ3n) is 2.52. The van der Waals surface area contributed by atoms with Crippen LogP contribution in [-0.2, 0) is 0 Å². The van der Waals surface area contributed by atoms with Gasteiger partial charge in [-0.3, -0.25) is 4.79 Å². The Morgan fingerprint density at radius 2 is 2.06 bits per heavy atom. The lowest BCUT2D eigenvalue weighted by molar-refractivity contribution is 0.0772. The van der Waals surface area contributed by atoms with Gasteiger partial charge in [0.2, 0.25) is 0 Å². The molecule has 0 fully saturated rings. The molecule has 0 heterocycles. The van der Waals surface area contributed by atoms with Crippen molar-refractivity contribution in [3.05, 3.63) is 29.8 Å². The molecule has 0 radical (unpaired) electrons. The molecule has 1 rings (SSSR count). The Morgan fingerprint density at radius 3 is 2.65 bits per heavy atom. The summed E-state index contributed by atoms with van der Waals surface area (Å²) >= 11 is 0. The third-order valence-corrected chi connectivity index (χ3v) is 2.52. The van der Waals surface area contributed by atoms with Gasteiger partial charge < -0.3 is 15.4 Å². The van der Waals surface area contributed by atoms with Gasteiger partial charge in [0.25, 0.3) is 5.91 Å². The Morgan fingerprint density at radius 1 is 1.35 bits per heavy atom. The van der Waals surface area contributed by atoms with Crippen LogP contribution >= 0.6 is 0 Å². The molecule has 0 aromatic heterocycles. The Balaban J connectivity index is 2.79. The minimum atomic E-state index is 0.0354. The maximum Gasteiger partial charge on any atom is 0.253 e. The van der Waals surface area contributed by atoms with Gasteiger partial charge in [-0.25, -0.2) is 0 Å². The van der Waals surface area contributed by atoms with Crippen LogP contribution in [0.5, 0.6) is 5.75 Å². The zero-order chi connectivity index (χ0) is 12.7. The number of rotatable bonds is 6.